The summed E-state index contributed by atoms with van der Waals surface area (Å²) in [7, 11) is 3.02. The number of ether oxygens (including phenoxy) is 2. The first kappa shape index (κ1) is 21.7. The fourth-order valence-electron chi connectivity index (χ4n) is 3.80. The van der Waals surface area contributed by atoms with Crippen LogP contribution < -0.4 is 0 Å². The normalized spacial score (nSPS) is 15.8. The third kappa shape index (κ3) is 4.29. The highest BCUT2D eigenvalue weighted by Gasteiger charge is 2.44. The maximum Gasteiger partial charge on any atom is 0.341 e. The lowest BCUT2D eigenvalue weighted by atomic mass is 9.73. The zero-order valence-corrected chi connectivity index (χ0v) is 18.1. The Bertz CT molecular complexity index is 918. The summed E-state index contributed by atoms with van der Waals surface area (Å²) in [6.45, 7) is 2.82. The monoisotopic (exact) mass is 439 g/mol. The van der Waals surface area contributed by atoms with Gasteiger partial charge in [0.15, 0.2) is 0 Å². The number of hydrogen-bond acceptors (Lipinski definition) is 5. The molecule has 0 bridgehead atoms. The van der Waals surface area contributed by atoms with Gasteiger partial charge >= 0.3 is 5.97 Å². The number of carbonyl (C=O) groups excluding carboxylic acids is 2. The van der Waals surface area contributed by atoms with E-state index in [1.165, 1.54) is 7.11 Å². The molecule has 6 nitrogen and oxygen atoms in total. The second-order valence-electron chi connectivity index (χ2n) is 7.15. The summed E-state index contributed by atoms with van der Waals surface area (Å²) in [4.78, 5) is 27.0. The lowest BCUT2D eigenvalue weighted by molar-refractivity contribution is -0.140. The maximum absolute atomic E-state index is 13.6. The number of hydrogen-bond donors (Lipinski definition) is 0. The van der Waals surface area contributed by atoms with E-state index in [9.17, 15) is 9.59 Å². The lowest BCUT2D eigenvalue weighted by Gasteiger charge is -2.39. The predicted octanol–water partition coefficient (Wildman–Crippen LogP) is 4.39. The predicted molar refractivity (Wildman–Crippen MR) is 109 cm³/mol. The standard InChI is InChI=1S/C21H23Cl2NO5/c1-13-16(19(25)27-3)11-15(29-13)12-24(2)20(26)21(6-8-28-9-7-21)17-5-4-14(22)10-18(17)23/h4-5,10-11H,6-9,12H2,1-3H3. The number of esters is 1. The molecular formula is C21H23Cl2NO5. The molecule has 2 aromatic rings. The lowest BCUT2D eigenvalue weighted by Crippen LogP contribution is -2.48. The largest absolute Gasteiger partial charge is 0.465 e. The van der Waals surface area contributed by atoms with Crippen molar-refractivity contribution in [3.05, 3.63) is 57.0 Å². The Kier molecular flexibility index (Phi) is 6.56. The number of nitrogens with zero attached hydrogens (tertiary/aromatic N) is 1. The Labute approximate surface area is 179 Å². The Morgan fingerprint density at radius 3 is 2.52 bits per heavy atom. The van der Waals surface area contributed by atoms with Crippen LogP contribution in [-0.2, 0) is 26.2 Å². The van der Waals surface area contributed by atoms with E-state index in [-0.39, 0.29) is 12.5 Å². The van der Waals surface area contributed by atoms with Crippen molar-refractivity contribution in [2.75, 3.05) is 27.4 Å². The van der Waals surface area contributed by atoms with E-state index in [0.29, 0.717) is 53.2 Å². The fraction of sp³-hybridized carbons (Fsp3) is 0.429. The van der Waals surface area contributed by atoms with Crippen LogP contribution in [0.3, 0.4) is 0 Å². The van der Waals surface area contributed by atoms with Crippen LogP contribution in [0.25, 0.3) is 0 Å². The molecule has 1 aromatic heterocycles. The van der Waals surface area contributed by atoms with Gasteiger partial charge in [-0.1, -0.05) is 29.3 Å². The van der Waals surface area contributed by atoms with E-state index in [0.717, 1.165) is 5.56 Å². The van der Waals surface area contributed by atoms with Crippen LogP contribution in [0.15, 0.2) is 28.7 Å². The highest BCUT2D eigenvalue weighted by atomic mass is 35.5. The van der Waals surface area contributed by atoms with Crippen molar-refractivity contribution < 1.29 is 23.5 Å². The number of benzene rings is 1. The molecule has 0 N–H and O–H groups in total. The minimum atomic E-state index is -0.804. The van der Waals surface area contributed by atoms with E-state index in [1.54, 1.807) is 37.1 Å². The third-order valence-electron chi connectivity index (χ3n) is 5.32. The fourth-order valence-corrected chi connectivity index (χ4v) is 4.39. The molecule has 1 amide bonds. The van der Waals surface area contributed by atoms with Gasteiger partial charge in [-0.15, -0.1) is 0 Å². The smallest absolute Gasteiger partial charge is 0.341 e. The summed E-state index contributed by atoms with van der Waals surface area (Å²) < 4.78 is 15.9. The second-order valence-corrected chi connectivity index (χ2v) is 8.00. The molecule has 3 rings (SSSR count). The third-order valence-corrected chi connectivity index (χ3v) is 5.86. The minimum Gasteiger partial charge on any atom is -0.465 e. The van der Waals surface area contributed by atoms with E-state index >= 15 is 0 Å². The van der Waals surface area contributed by atoms with Crippen LogP contribution in [0.4, 0.5) is 0 Å². The summed E-state index contributed by atoms with van der Waals surface area (Å²) in [5.41, 5.74) is 0.293. The summed E-state index contributed by atoms with van der Waals surface area (Å²) in [5, 5.41) is 0.978. The van der Waals surface area contributed by atoms with E-state index in [4.69, 9.17) is 37.1 Å². The first-order chi connectivity index (χ1) is 13.8. The van der Waals surface area contributed by atoms with E-state index in [2.05, 4.69) is 0 Å². The van der Waals surface area contributed by atoms with Crippen LogP contribution in [0, 0.1) is 6.92 Å². The highest BCUT2D eigenvalue weighted by molar-refractivity contribution is 6.35. The number of halogens is 2. The minimum absolute atomic E-state index is 0.0845. The molecule has 8 heteroatoms. The molecule has 1 aliphatic heterocycles. The molecule has 1 saturated heterocycles. The average molecular weight is 440 g/mol. The summed E-state index contributed by atoms with van der Waals surface area (Å²) in [5.74, 6) is 0.399. The van der Waals surface area contributed by atoms with Crippen molar-refractivity contribution in [2.45, 2.75) is 31.7 Å². The molecule has 29 heavy (non-hydrogen) atoms. The second kappa shape index (κ2) is 8.78. The molecule has 1 aromatic carbocycles. The zero-order chi connectivity index (χ0) is 21.2. The van der Waals surface area contributed by atoms with Crippen molar-refractivity contribution in [3.63, 3.8) is 0 Å². The summed E-state index contributed by atoms with van der Waals surface area (Å²) in [6, 6.07) is 6.82. The highest BCUT2D eigenvalue weighted by Crippen LogP contribution is 2.41. The SMILES string of the molecule is COC(=O)c1cc(CN(C)C(=O)C2(c3ccc(Cl)cc3Cl)CCOCC2)oc1C. The molecule has 1 fully saturated rings. The zero-order valence-electron chi connectivity index (χ0n) is 16.6. The van der Waals surface area contributed by atoms with Gasteiger partial charge in [-0.05, 0) is 43.5 Å². The first-order valence-electron chi connectivity index (χ1n) is 9.25. The van der Waals surface area contributed by atoms with Gasteiger partial charge in [-0.25, -0.2) is 4.79 Å². The Morgan fingerprint density at radius 1 is 1.21 bits per heavy atom. The average Bonchev–Trinajstić information content (AvgIpc) is 3.07. The molecule has 0 saturated carbocycles. The van der Waals surface area contributed by atoms with Gasteiger partial charge in [-0.3, -0.25) is 4.79 Å². The van der Waals surface area contributed by atoms with Crippen LogP contribution >= 0.6 is 23.2 Å². The van der Waals surface area contributed by atoms with Crippen LogP contribution in [0.2, 0.25) is 10.0 Å². The van der Waals surface area contributed by atoms with Gasteiger partial charge in [-0.2, -0.15) is 0 Å². The van der Waals surface area contributed by atoms with Gasteiger partial charge in [0.25, 0.3) is 0 Å². The van der Waals surface area contributed by atoms with Gasteiger partial charge in [0, 0.05) is 30.3 Å². The van der Waals surface area contributed by atoms with Gasteiger partial charge in [0.2, 0.25) is 5.91 Å². The van der Waals surface area contributed by atoms with Crippen LogP contribution in [0.1, 0.15) is 40.3 Å². The van der Waals surface area contributed by atoms with Crippen molar-refractivity contribution in [1.29, 1.82) is 0 Å². The quantitative estimate of drug-likeness (QED) is 0.646. The van der Waals surface area contributed by atoms with E-state index in [1.807, 2.05) is 6.07 Å². The molecule has 0 radical (unpaired) electrons. The van der Waals surface area contributed by atoms with Gasteiger partial charge in [0.05, 0.1) is 19.1 Å². The van der Waals surface area contributed by atoms with Gasteiger partial charge in [0.1, 0.15) is 17.1 Å². The molecule has 156 valence electrons. The Morgan fingerprint density at radius 2 is 1.90 bits per heavy atom. The van der Waals surface area contributed by atoms with Crippen molar-refractivity contribution in [2.24, 2.45) is 0 Å². The number of aryl methyl sites for hydroxylation is 1. The van der Waals surface area contributed by atoms with Gasteiger partial charge < -0.3 is 18.8 Å². The molecule has 1 aliphatic rings. The number of methoxy groups -OCH3 is 1. The van der Waals surface area contributed by atoms with E-state index < -0.39 is 11.4 Å². The molecule has 0 spiro atoms. The van der Waals surface area contributed by atoms with Crippen molar-refractivity contribution in [3.8, 4) is 0 Å². The summed E-state index contributed by atoms with van der Waals surface area (Å²) in [6.07, 6.45) is 1.03. The molecular weight excluding hydrogens is 417 g/mol. The number of amides is 1. The number of carbonyl (C=O) groups is 2. The molecule has 2 heterocycles. The molecule has 0 unspecified atom stereocenters. The van der Waals surface area contributed by atoms with Crippen LogP contribution in [-0.4, -0.2) is 44.1 Å². The maximum atomic E-state index is 13.6. The first-order valence-corrected chi connectivity index (χ1v) is 10.0. The molecule has 0 aliphatic carbocycles. The number of furan rings is 1. The Hall–Kier alpha value is -2.02. The van der Waals surface area contributed by atoms with Crippen molar-refractivity contribution in [1.82, 2.24) is 4.90 Å². The van der Waals surface area contributed by atoms with Crippen molar-refractivity contribution >= 4 is 35.1 Å². The molecule has 0 atom stereocenters. The van der Waals surface area contributed by atoms with Crippen LogP contribution in [0.5, 0.6) is 0 Å². The number of likely N-dealkylation sites (N-methyl/N-ethyl adjacent to an activating group) is 1. The Balaban J connectivity index is 1.89. The number of rotatable bonds is 5. The summed E-state index contributed by atoms with van der Waals surface area (Å²) >= 11 is 12.5. The topological polar surface area (TPSA) is 69.0 Å².